The van der Waals surface area contributed by atoms with Crippen molar-refractivity contribution in [1.82, 2.24) is 14.6 Å². The van der Waals surface area contributed by atoms with Crippen molar-refractivity contribution >= 4 is 28.0 Å². The molecule has 132 valence electrons. The maximum Gasteiger partial charge on any atom is 0.427 e. The highest BCUT2D eigenvalue weighted by Gasteiger charge is 2.32. The van der Waals surface area contributed by atoms with Crippen LogP contribution < -0.4 is 5.01 Å². The van der Waals surface area contributed by atoms with Gasteiger partial charge >= 0.3 is 6.09 Å². The largest absolute Gasteiger partial charge is 0.464 e. The molecule has 2 heterocycles. The molecule has 0 saturated heterocycles. The summed E-state index contributed by atoms with van der Waals surface area (Å²) < 4.78 is 7.17. The molecule has 0 atom stereocenters. The van der Waals surface area contributed by atoms with E-state index < -0.39 is 11.6 Å². The molecule has 7 nitrogen and oxygen atoms in total. The molecule has 2 aromatic heterocycles. The maximum atomic E-state index is 12.1. The molecule has 0 fully saturated rings. The Morgan fingerprint density at radius 2 is 2.00 bits per heavy atom. The lowest BCUT2D eigenvalue weighted by Gasteiger charge is -2.35. The Morgan fingerprint density at radius 3 is 2.64 bits per heavy atom. The summed E-state index contributed by atoms with van der Waals surface area (Å²) in [5, 5.41) is 12.0. The summed E-state index contributed by atoms with van der Waals surface area (Å²) >= 11 is 0. The molecule has 3 rings (SSSR count). The maximum absolute atomic E-state index is 12.1. The van der Waals surface area contributed by atoms with E-state index in [4.69, 9.17) is 4.74 Å². The van der Waals surface area contributed by atoms with Crippen LogP contribution in [0.3, 0.4) is 0 Å². The normalized spacial score (nSPS) is 12.0. The van der Waals surface area contributed by atoms with Gasteiger partial charge in [0.15, 0.2) is 5.82 Å². The number of imidazole rings is 1. The minimum atomic E-state index is -1.05. The van der Waals surface area contributed by atoms with Gasteiger partial charge in [-0.3, -0.25) is 4.98 Å². The van der Waals surface area contributed by atoms with Gasteiger partial charge in [0.05, 0.1) is 17.3 Å². The van der Waals surface area contributed by atoms with Gasteiger partial charge in [-0.25, -0.2) is 19.5 Å². The van der Waals surface area contributed by atoms with Crippen molar-refractivity contribution in [2.75, 3.05) is 11.6 Å². The highest BCUT2D eigenvalue weighted by Crippen LogP contribution is 2.27. The van der Waals surface area contributed by atoms with Crippen LogP contribution in [-0.2, 0) is 11.3 Å². The zero-order valence-electron chi connectivity index (χ0n) is 14.9. The number of aromatic nitrogens is 3. The Kier molecular flexibility index (Phi) is 4.34. The topological polar surface area (TPSA) is 80.5 Å². The number of carbonyl (C=O) groups is 1. The molecular formula is C18H22N4O3. The van der Waals surface area contributed by atoms with E-state index in [0.29, 0.717) is 17.9 Å². The van der Waals surface area contributed by atoms with Crippen LogP contribution in [0.2, 0.25) is 0 Å². The summed E-state index contributed by atoms with van der Waals surface area (Å²) in [4.78, 5) is 21.1. The van der Waals surface area contributed by atoms with Crippen molar-refractivity contribution in [2.45, 2.75) is 39.8 Å². The predicted octanol–water partition coefficient (Wildman–Crippen LogP) is 3.54. The Hall–Kier alpha value is -2.67. The van der Waals surface area contributed by atoms with Crippen LogP contribution in [0.15, 0.2) is 30.5 Å². The van der Waals surface area contributed by atoms with E-state index in [1.165, 1.54) is 5.01 Å². The van der Waals surface area contributed by atoms with Crippen LogP contribution in [0.4, 0.5) is 4.79 Å². The van der Waals surface area contributed by atoms with Crippen LogP contribution in [0.25, 0.3) is 21.9 Å². The average Bonchev–Trinajstić information content (AvgIpc) is 2.90. The van der Waals surface area contributed by atoms with Gasteiger partial charge in [0.25, 0.3) is 0 Å². The molecule has 0 aliphatic heterocycles. The number of nitrogens with zero attached hydrogens (tertiary/aromatic N) is 4. The standard InChI is InChI=1S/C18H22N4O3/c1-5-25-11-15-20-14-10-19-13-9-7-6-8-12(13)16(14)21(15)22(17(23)24)18(2,3)4/h6-10H,5,11H2,1-4H3,(H,23,24). The molecule has 0 aliphatic carbocycles. The van der Waals surface area contributed by atoms with E-state index in [1.54, 1.807) is 10.9 Å². The number of hydrogen-bond acceptors (Lipinski definition) is 4. The van der Waals surface area contributed by atoms with E-state index in [9.17, 15) is 9.90 Å². The number of amides is 1. The highest BCUT2D eigenvalue weighted by molar-refractivity contribution is 6.03. The molecule has 3 aromatic rings. The van der Waals surface area contributed by atoms with Gasteiger partial charge in [-0.1, -0.05) is 18.2 Å². The fourth-order valence-electron chi connectivity index (χ4n) is 2.91. The van der Waals surface area contributed by atoms with Crippen molar-refractivity contribution in [3.8, 4) is 0 Å². The summed E-state index contributed by atoms with van der Waals surface area (Å²) in [6.07, 6.45) is 0.622. The first kappa shape index (κ1) is 17.2. The molecule has 0 bridgehead atoms. The monoisotopic (exact) mass is 342 g/mol. The second kappa shape index (κ2) is 6.33. The summed E-state index contributed by atoms with van der Waals surface area (Å²) in [7, 11) is 0. The minimum Gasteiger partial charge on any atom is -0.464 e. The lowest BCUT2D eigenvalue weighted by Crippen LogP contribution is -2.53. The Labute approximate surface area is 145 Å². The Bertz CT molecular complexity index is 927. The number of carboxylic acid groups (broad SMARTS) is 1. The average molecular weight is 342 g/mol. The third kappa shape index (κ3) is 3.02. The molecule has 0 unspecified atom stereocenters. The first-order chi connectivity index (χ1) is 11.8. The Morgan fingerprint density at radius 1 is 1.28 bits per heavy atom. The van der Waals surface area contributed by atoms with Gasteiger partial charge in [0.1, 0.15) is 17.6 Å². The van der Waals surface area contributed by atoms with Gasteiger partial charge in [0.2, 0.25) is 0 Å². The fraction of sp³-hybridized carbons (Fsp3) is 0.389. The zero-order chi connectivity index (χ0) is 18.2. The molecule has 0 radical (unpaired) electrons. The van der Waals surface area contributed by atoms with Crippen LogP contribution in [0.1, 0.15) is 33.5 Å². The summed E-state index contributed by atoms with van der Waals surface area (Å²) in [6, 6.07) is 7.64. The number of para-hydroxylation sites is 1. The van der Waals surface area contributed by atoms with Crippen molar-refractivity contribution < 1.29 is 14.6 Å². The molecule has 0 saturated carbocycles. The Balaban J connectivity index is 2.39. The van der Waals surface area contributed by atoms with E-state index in [2.05, 4.69) is 9.97 Å². The number of ether oxygens (including phenoxy) is 1. The van der Waals surface area contributed by atoms with Crippen LogP contribution in [0, 0.1) is 0 Å². The van der Waals surface area contributed by atoms with Crippen molar-refractivity contribution in [2.24, 2.45) is 0 Å². The smallest absolute Gasteiger partial charge is 0.427 e. The van der Waals surface area contributed by atoms with Crippen molar-refractivity contribution in [3.63, 3.8) is 0 Å². The predicted molar refractivity (Wildman–Crippen MR) is 96.4 cm³/mol. The molecule has 7 heteroatoms. The lowest BCUT2D eigenvalue weighted by atomic mass is 10.1. The molecule has 0 spiro atoms. The number of hydrogen-bond donors (Lipinski definition) is 1. The molecule has 1 N–H and O–H groups in total. The molecule has 25 heavy (non-hydrogen) atoms. The number of benzene rings is 1. The first-order valence-electron chi connectivity index (χ1n) is 8.21. The van der Waals surface area contributed by atoms with Crippen molar-refractivity contribution in [3.05, 3.63) is 36.3 Å². The fourth-order valence-corrected chi connectivity index (χ4v) is 2.91. The van der Waals surface area contributed by atoms with E-state index in [-0.39, 0.29) is 6.61 Å². The first-order valence-corrected chi connectivity index (χ1v) is 8.21. The molecular weight excluding hydrogens is 320 g/mol. The summed E-state index contributed by atoms with van der Waals surface area (Å²) in [5.41, 5.74) is 1.49. The van der Waals surface area contributed by atoms with E-state index in [0.717, 1.165) is 16.4 Å². The van der Waals surface area contributed by atoms with Gasteiger partial charge in [-0.05, 0) is 33.8 Å². The SMILES string of the molecule is CCOCc1nc2cnc3ccccc3c2n1N(C(=O)O)C(C)(C)C. The number of rotatable bonds is 4. The molecule has 0 aliphatic rings. The third-order valence-electron chi connectivity index (χ3n) is 3.89. The number of pyridine rings is 1. The third-order valence-corrected chi connectivity index (χ3v) is 3.89. The second-order valence-corrected chi connectivity index (χ2v) is 6.75. The number of fused-ring (bicyclic) bond motifs is 3. The quantitative estimate of drug-likeness (QED) is 0.784. The summed E-state index contributed by atoms with van der Waals surface area (Å²) in [6.45, 7) is 8.18. The zero-order valence-corrected chi connectivity index (χ0v) is 14.9. The minimum absolute atomic E-state index is 0.222. The lowest BCUT2D eigenvalue weighted by molar-refractivity contribution is 0.124. The highest BCUT2D eigenvalue weighted by atomic mass is 16.5. The van der Waals surface area contributed by atoms with Crippen LogP contribution in [-0.4, -0.2) is 38.0 Å². The van der Waals surface area contributed by atoms with Gasteiger partial charge in [-0.15, -0.1) is 0 Å². The van der Waals surface area contributed by atoms with Crippen molar-refractivity contribution in [1.29, 1.82) is 0 Å². The van der Waals surface area contributed by atoms with E-state index >= 15 is 0 Å². The van der Waals surface area contributed by atoms with Crippen LogP contribution in [0.5, 0.6) is 0 Å². The molecule has 1 amide bonds. The van der Waals surface area contributed by atoms with E-state index in [1.807, 2.05) is 52.0 Å². The van der Waals surface area contributed by atoms with Gasteiger partial charge in [-0.2, -0.15) is 0 Å². The van der Waals surface area contributed by atoms with Crippen LogP contribution >= 0.6 is 0 Å². The summed E-state index contributed by atoms with van der Waals surface area (Å²) in [5.74, 6) is 0.535. The molecule has 1 aromatic carbocycles. The van der Waals surface area contributed by atoms with Gasteiger partial charge < -0.3 is 9.84 Å². The second-order valence-electron chi connectivity index (χ2n) is 6.75. The van der Waals surface area contributed by atoms with Gasteiger partial charge in [0, 0.05) is 12.0 Å².